The molecule has 3 atom stereocenters. The Morgan fingerprint density at radius 2 is 1.81 bits per heavy atom. The molecular weight excluding hydrogens is 346 g/mol. The van der Waals surface area contributed by atoms with Gasteiger partial charge in [-0.2, -0.15) is 0 Å². The average molecular weight is 372 g/mol. The van der Waals surface area contributed by atoms with Crippen LogP contribution in [-0.2, 0) is 20.6 Å². The van der Waals surface area contributed by atoms with Crippen LogP contribution in [0.25, 0.3) is 11.2 Å². The smallest absolute Gasteiger partial charge is 0.332 e. The summed E-state index contributed by atoms with van der Waals surface area (Å²) in [5.74, 6) is 0. The summed E-state index contributed by atoms with van der Waals surface area (Å²) < 4.78 is 4.26. The molecule has 0 radical (unpaired) electrons. The summed E-state index contributed by atoms with van der Waals surface area (Å²) in [6.45, 7) is 3.26. The van der Waals surface area contributed by atoms with Crippen molar-refractivity contribution in [2.24, 2.45) is 14.1 Å². The van der Waals surface area contributed by atoms with Crippen molar-refractivity contribution in [1.29, 1.82) is 0 Å². The Hall–Kier alpha value is -2.71. The van der Waals surface area contributed by atoms with E-state index >= 15 is 0 Å². The van der Waals surface area contributed by atoms with Crippen molar-refractivity contribution in [2.45, 2.75) is 25.6 Å². The summed E-state index contributed by atoms with van der Waals surface area (Å²) in [6, 6.07) is 9.57. The summed E-state index contributed by atoms with van der Waals surface area (Å²) in [4.78, 5) is 29.9. The minimum atomic E-state index is -0.570. The molecule has 0 saturated heterocycles. The van der Waals surface area contributed by atoms with Crippen LogP contribution >= 0.6 is 0 Å². The van der Waals surface area contributed by atoms with Crippen molar-refractivity contribution >= 4 is 11.2 Å². The van der Waals surface area contributed by atoms with Gasteiger partial charge < -0.3 is 14.6 Å². The molecule has 27 heavy (non-hydrogen) atoms. The van der Waals surface area contributed by atoms with Gasteiger partial charge in [0.2, 0.25) is 0 Å². The Morgan fingerprint density at radius 3 is 2.48 bits per heavy atom. The highest BCUT2D eigenvalue weighted by Gasteiger charge is 2.24. The molecule has 0 amide bonds. The second-order valence-corrected chi connectivity index (χ2v) is 7.06. The van der Waals surface area contributed by atoms with E-state index in [2.05, 4.69) is 4.98 Å². The van der Waals surface area contributed by atoms with E-state index in [9.17, 15) is 14.7 Å². The van der Waals surface area contributed by atoms with E-state index in [0.717, 1.165) is 15.0 Å². The number of imidazole rings is 1. The standard InChI is InChI=1S/C19H25N5O3/c1-13(16(25)14-8-6-5-7-9-14)21(2)10-11-24-12-20-17-15(24)18(26)23(4)19(27)22(17)3/h5-9,12-13,16,25H,10-11H2,1-4H3/p+1/t13-,16+/m0/s1. The molecule has 2 aromatic heterocycles. The first-order valence-corrected chi connectivity index (χ1v) is 8.99. The number of aromatic nitrogens is 4. The maximum Gasteiger partial charge on any atom is 0.332 e. The van der Waals surface area contributed by atoms with Crippen molar-refractivity contribution in [1.82, 2.24) is 18.7 Å². The number of hydrogen-bond acceptors (Lipinski definition) is 4. The lowest BCUT2D eigenvalue weighted by molar-refractivity contribution is -0.909. The van der Waals surface area contributed by atoms with Crippen LogP contribution in [0.4, 0.5) is 0 Å². The monoisotopic (exact) mass is 372 g/mol. The fraction of sp³-hybridized carbons (Fsp3) is 0.421. The van der Waals surface area contributed by atoms with Crippen LogP contribution in [0.5, 0.6) is 0 Å². The maximum atomic E-state index is 12.5. The highest BCUT2D eigenvalue weighted by atomic mass is 16.3. The first-order chi connectivity index (χ1) is 12.8. The third kappa shape index (κ3) is 3.45. The van der Waals surface area contributed by atoms with Crippen LogP contribution in [0.15, 0.2) is 46.2 Å². The fourth-order valence-corrected chi connectivity index (χ4v) is 3.30. The molecule has 0 saturated carbocycles. The molecule has 144 valence electrons. The number of likely N-dealkylation sites (N-methyl/N-ethyl adjacent to an activating group) is 1. The zero-order valence-electron chi connectivity index (χ0n) is 16.1. The van der Waals surface area contributed by atoms with Gasteiger partial charge in [-0.05, 0) is 12.5 Å². The number of fused-ring (bicyclic) bond motifs is 1. The van der Waals surface area contributed by atoms with Gasteiger partial charge in [-0.15, -0.1) is 0 Å². The normalized spacial score (nSPS) is 15.0. The SMILES string of the molecule is C[C@@H]([C@@H](O)c1ccccc1)[NH+](C)CCn1cnc2c1c(=O)n(C)c(=O)n2C. The molecule has 8 nitrogen and oxygen atoms in total. The molecule has 0 aliphatic carbocycles. The van der Waals surface area contributed by atoms with Crippen molar-refractivity contribution < 1.29 is 10.0 Å². The van der Waals surface area contributed by atoms with Gasteiger partial charge in [-0.1, -0.05) is 30.3 Å². The average Bonchev–Trinajstić information content (AvgIpc) is 3.12. The third-order valence-corrected chi connectivity index (χ3v) is 5.36. The van der Waals surface area contributed by atoms with E-state index in [1.54, 1.807) is 17.9 Å². The molecule has 2 N–H and O–H groups in total. The van der Waals surface area contributed by atoms with Crippen molar-refractivity contribution in [2.75, 3.05) is 13.6 Å². The number of rotatable bonds is 6. The quantitative estimate of drug-likeness (QED) is 0.585. The number of aliphatic hydroxyl groups excluding tert-OH is 1. The number of hydrogen-bond donors (Lipinski definition) is 2. The molecule has 0 aliphatic heterocycles. The predicted molar refractivity (Wildman–Crippen MR) is 103 cm³/mol. The number of quaternary nitrogens is 1. The van der Waals surface area contributed by atoms with E-state index < -0.39 is 6.10 Å². The van der Waals surface area contributed by atoms with Crippen LogP contribution in [0.3, 0.4) is 0 Å². The molecule has 3 aromatic rings. The fourth-order valence-electron chi connectivity index (χ4n) is 3.30. The lowest BCUT2D eigenvalue weighted by Gasteiger charge is -2.26. The van der Waals surface area contributed by atoms with E-state index in [-0.39, 0.29) is 17.3 Å². The Balaban J connectivity index is 1.79. The lowest BCUT2D eigenvalue weighted by Crippen LogP contribution is -3.13. The molecule has 0 bridgehead atoms. The van der Waals surface area contributed by atoms with E-state index in [4.69, 9.17) is 0 Å². The predicted octanol–water partition coefficient (Wildman–Crippen LogP) is -0.929. The largest absolute Gasteiger partial charge is 0.382 e. The van der Waals surface area contributed by atoms with Crippen LogP contribution in [0.2, 0.25) is 0 Å². The molecule has 2 heterocycles. The molecule has 0 fully saturated rings. The van der Waals surface area contributed by atoms with Gasteiger partial charge in [0, 0.05) is 14.1 Å². The zero-order valence-corrected chi connectivity index (χ0v) is 16.1. The first-order valence-electron chi connectivity index (χ1n) is 8.99. The van der Waals surface area contributed by atoms with Crippen LogP contribution < -0.4 is 16.1 Å². The number of benzene rings is 1. The summed E-state index contributed by atoms with van der Waals surface area (Å²) in [5, 5.41) is 10.6. The Kier molecular flexibility index (Phi) is 5.29. The van der Waals surface area contributed by atoms with Crippen LogP contribution in [0.1, 0.15) is 18.6 Å². The number of aliphatic hydroxyl groups is 1. The summed E-state index contributed by atoms with van der Waals surface area (Å²) >= 11 is 0. The Labute approximate surface area is 156 Å². The molecule has 0 spiro atoms. The van der Waals surface area contributed by atoms with Gasteiger partial charge in [0.25, 0.3) is 5.56 Å². The third-order valence-electron chi connectivity index (χ3n) is 5.36. The van der Waals surface area contributed by atoms with Gasteiger partial charge in [0.1, 0.15) is 12.1 Å². The number of nitrogens with one attached hydrogen (secondary N) is 1. The number of nitrogens with zero attached hydrogens (tertiary/aromatic N) is 4. The number of aryl methyl sites for hydroxylation is 1. The summed E-state index contributed by atoms with van der Waals surface area (Å²) in [6.07, 6.45) is 1.02. The second-order valence-electron chi connectivity index (χ2n) is 7.06. The Morgan fingerprint density at radius 1 is 1.15 bits per heavy atom. The molecular formula is C19H26N5O3+. The maximum absolute atomic E-state index is 12.5. The highest BCUT2D eigenvalue weighted by molar-refractivity contribution is 5.69. The van der Waals surface area contributed by atoms with Gasteiger partial charge in [-0.3, -0.25) is 13.9 Å². The zero-order chi connectivity index (χ0) is 19.7. The van der Waals surface area contributed by atoms with Crippen LogP contribution in [0, 0.1) is 0 Å². The lowest BCUT2D eigenvalue weighted by atomic mass is 10.0. The topological polar surface area (TPSA) is 86.5 Å². The van der Waals surface area contributed by atoms with Crippen LogP contribution in [-0.4, -0.2) is 43.4 Å². The second kappa shape index (κ2) is 7.50. The molecule has 1 unspecified atom stereocenters. The minimum Gasteiger partial charge on any atom is -0.382 e. The van der Waals surface area contributed by atoms with E-state index in [0.29, 0.717) is 24.3 Å². The molecule has 1 aromatic carbocycles. The molecule has 0 aliphatic rings. The van der Waals surface area contributed by atoms with Gasteiger partial charge in [0.05, 0.1) is 26.5 Å². The first kappa shape index (κ1) is 19.1. The van der Waals surface area contributed by atoms with E-state index in [1.165, 1.54) is 11.6 Å². The summed E-state index contributed by atoms with van der Waals surface area (Å²) in [5.41, 5.74) is 0.962. The summed E-state index contributed by atoms with van der Waals surface area (Å²) in [7, 11) is 5.10. The van der Waals surface area contributed by atoms with Gasteiger partial charge >= 0.3 is 5.69 Å². The highest BCUT2D eigenvalue weighted by Crippen LogP contribution is 2.14. The Bertz CT molecular complexity index is 1050. The van der Waals surface area contributed by atoms with Crippen molar-refractivity contribution in [3.63, 3.8) is 0 Å². The molecule has 8 heteroatoms. The van der Waals surface area contributed by atoms with Crippen molar-refractivity contribution in [3.8, 4) is 0 Å². The van der Waals surface area contributed by atoms with Crippen molar-refractivity contribution in [3.05, 3.63) is 63.1 Å². The minimum absolute atomic E-state index is 0.0191. The van der Waals surface area contributed by atoms with Gasteiger partial charge in [-0.25, -0.2) is 9.78 Å². The van der Waals surface area contributed by atoms with E-state index in [1.807, 2.05) is 44.3 Å². The van der Waals surface area contributed by atoms with Gasteiger partial charge in [0.15, 0.2) is 11.2 Å². The molecule has 3 rings (SSSR count).